The molecular formula is C22H34BN3O4. The minimum Gasteiger partial charge on any atom is -0.444 e. The summed E-state index contributed by atoms with van der Waals surface area (Å²) in [6, 6.07) is 5.68. The van der Waals surface area contributed by atoms with E-state index in [1.54, 1.807) is 4.90 Å². The lowest BCUT2D eigenvalue weighted by atomic mass is 9.79. The fourth-order valence-electron chi connectivity index (χ4n) is 3.40. The van der Waals surface area contributed by atoms with Crippen molar-refractivity contribution < 1.29 is 18.8 Å². The molecule has 0 spiro atoms. The number of nitrogens with one attached hydrogen (secondary N) is 1. The van der Waals surface area contributed by atoms with Crippen LogP contribution in [0.25, 0.3) is 11.0 Å². The van der Waals surface area contributed by atoms with E-state index in [-0.39, 0.29) is 12.1 Å². The molecule has 3 rings (SSSR count). The molecule has 1 aliphatic heterocycles. The van der Waals surface area contributed by atoms with Gasteiger partial charge in [-0.1, -0.05) is 6.07 Å². The molecule has 1 atom stereocenters. The third kappa shape index (κ3) is 4.35. The van der Waals surface area contributed by atoms with Crippen molar-refractivity contribution in [2.75, 3.05) is 6.54 Å². The first kappa shape index (κ1) is 22.6. The van der Waals surface area contributed by atoms with Gasteiger partial charge in [0.2, 0.25) is 0 Å². The molecule has 1 aromatic heterocycles. The summed E-state index contributed by atoms with van der Waals surface area (Å²) < 4.78 is 17.9. The monoisotopic (exact) mass is 415 g/mol. The number of carbonyl (C=O) groups is 1. The van der Waals surface area contributed by atoms with Crippen LogP contribution in [0.5, 0.6) is 0 Å². The molecule has 1 fully saturated rings. The van der Waals surface area contributed by atoms with Gasteiger partial charge in [0.1, 0.15) is 11.4 Å². The maximum atomic E-state index is 12.6. The maximum absolute atomic E-state index is 12.6. The van der Waals surface area contributed by atoms with Crippen molar-refractivity contribution in [3.63, 3.8) is 0 Å². The molecule has 30 heavy (non-hydrogen) atoms. The standard InChI is InChI=1S/C22H34BN3O4/c1-10-26(19(27)28-20(3,4)5)14(2)18-24-16-12-11-15(13-17(16)25-18)23-29-21(6,7)22(8,9)30-23/h11-14H,10H2,1-9H3,(H,24,25). The third-order valence-corrected chi connectivity index (χ3v) is 5.88. The summed E-state index contributed by atoms with van der Waals surface area (Å²) in [5.41, 5.74) is 1.31. The minimum atomic E-state index is -0.546. The predicted molar refractivity (Wildman–Crippen MR) is 119 cm³/mol. The molecule has 2 heterocycles. The first-order valence-corrected chi connectivity index (χ1v) is 10.6. The van der Waals surface area contributed by atoms with Gasteiger partial charge in [-0.05, 0) is 79.9 Å². The number of benzene rings is 1. The van der Waals surface area contributed by atoms with Crippen LogP contribution in [0.2, 0.25) is 0 Å². The molecule has 1 aliphatic rings. The van der Waals surface area contributed by atoms with Gasteiger partial charge in [0, 0.05) is 6.54 Å². The van der Waals surface area contributed by atoms with Crippen LogP contribution in [-0.2, 0) is 14.0 Å². The summed E-state index contributed by atoms with van der Waals surface area (Å²) >= 11 is 0. The van der Waals surface area contributed by atoms with Gasteiger partial charge >= 0.3 is 13.2 Å². The number of H-pyrrole nitrogens is 1. The van der Waals surface area contributed by atoms with E-state index in [2.05, 4.69) is 4.98 Å². The van der Waals surface area contributed by atoms with Crippen molar-refractivity contribution in [2.24, 2.45) is 0 Å². The van der Waals surface area contributed by atoms with Gasteiger partial charge in [-0.2, -0.15) is 0 Å². The highest BCUT2D eigenvalue weighted by molar-refractivity contribution is 6.62. The number of hydrogen-bond donors (Lipinski definition) is 1. The first-order valence-electron chi connectivity index (χ1n) is 10.6. The van der Waals surface area contributed by atoms with Crippen molar-refractivity contribution in [3.8, 4) is 0 Å². The zero-order chi connectivity index (χ0) is 22.5. The molecule has 8 heteroatoms. The quantitative estimate of drug-likeness (QED) is 0.759. The Morgan fingerprint density at radius 1 is 1.23 bits per heavy atom. The van der Waals surface area contributed by atoms with Crippen LogP contribution < -0.4 is 5.46 Å². The van der Waals surface area contributed by atoms with Crippen molar-refractivity contribution in [3.05, 3.63) is 24.0 Å². The van der Waals surface area contributed by atoms with E-state index in [1.165, 1.54) is 0 Å². The fourth-order valence-corrected chi connectivity index (χ4v) is 3.40. The van der Waals surface area contributed by atoms with E-state index in [4.69, 9.17) is 19.0 Å². The maximum Gasteiger partial charge on any atom is 0.494 e. The highest BCUT2D eigenvalue weighted by Crippen LogP contribution is 2.36. The molecule has 2 aromatic rings. The Morgan fingerprint density at radius 2 is 1.83 bits per heavy atom. The highest BCUT2D eigenvalue weighted by atomic mass is 16.7. The molecule has 7 nitrogen and oxygen atoms in total. The Labute approximate surface area is 179 Å². The number of rotatable bonds is 4. The van der Waals surface area contributed by atoms with E-state index in [0.717, 1.165) is 16.5 Å². The average molecular weight is 415 g/mol. The lowest BCUT2D eigenvalue weighted by molar-refractivity contribution is 0.00578. The molecule has 1 aromatic carbocycles. The first-order chi connectivity index (χ1) is 13.7. The molecule has 1 N–H and O–H groups in total. The lowest BCUT2D eigenvalue weighted by Gasteiger charge is -2.32. The van der Waals surface area contributed by atoms with E-state index in [9.17, 15) is 4.79 Å². The average Bonchev–Trinajstić information content (AvgIpc) is 3.11. The van der Waals surface area contributed by atoms with Crippen molar-refractivity contribution >= 4 is 29.7 Å². The molecule has 0 radical (unpaired) electrons. The van der Waals surface area contributed by atoms with E-state index >= 15 is 0 Å². The zero-order valence-corrected chi connectivity index (χ0v) is 19.6. The lowest BCUT2D eigenvalue weighted by Crippen LogP contribution is -2.41. The van der Waals surface area contributed by atoms with Crippen LogP contribution in [0.3, 0.4) is 0 Å². The number of imidazole rings is 1. The number of amides is 1. The molecule has 1 unspecified atom stereocenters. The molecule has 1 saturated heterocycles. The normalized spacial score (nSPS) is 19.2. The van der Waals surface area contributed by atoms with Crippen molar-refractivity contribution in [1.29, 1.82) is 0 Å². The number of nitrogens with zero attached hydrogens (tertiary/aromatic N) is 2. The number of fused-ring (bicyclic) bond motifs is 1. The summed E-state index contributed by atoms with van der Waals surface area (Å²) in [6.45, 7) is 18.1. The Morgan fingerprint density at radius 3 is 2.37 bits per heavy atom. The van der Waals surface area contributed by atoms with Gasteiger partial charge < -0.3 is 19.0 Å². The van der Waals surface area contributed by atoms with Gasteiger partial charge in [-0.25, -0.2) is 9.78 Å². The molecule has 0 bridgehead atoms. The van der Waals surface area contributed by atoms with Crippen LogP contribution in [0.15, 0.2) is 18.2 Å². The van der Waals surface area contributed by atoms with Gasteiger partial charge in [0.05, 0.1) is 28.3 Å². The van der Waals surface area contributed by atoms with E-state index in [0.29, 0.717) is 12.4 Å². The molecule has 164 valence electrons. The SMILES string of the molecule is CCN(C(=O)OC(C)(C)C)C(C)c1nc2ccc(B3OC(C)(C)C(C)(C)O3)cc2[nH]1. The summed E-state index contributed by atoms with van der Waals surface area (Å²) in [5.74, 6) is 0.712. The summed E-state index contributed by atoms with van der Waals surface area (Å²) in [7, 11) is -0.433. The smallest absolute Gasteiger partial charge is 0.444 e. The number of carbonyl (C=O) groups excluding carboxylic acids is 1. The minimum absolute atomic E-state index is 0.252. The third-order valence-electron chi connectivity index (χ3n) is 5.88. The van der Waals surface area contributed by atoms with Crippen LogP contribution in [0.1, 0.15) is 74.2 Å². The topological polar surface area (TPSA) is 76.7 Å². The number of hydrogen-bond acceptors (Lipinski definition) is 5. The largest absolute Gasteiger partial charge is 0.494 e. The van der Waals surface area contributed by atoms with E-state index < -0.39 is 23.9 Å². The molecule has 0 aliphatic carbocycles. The zero-order valence-electron chi connectivity index (χ0n) is 19.6. The summed E-state index contributed by atoms with van der Waals surface area (Å²) in [5, 5.41) is 0. The van der Waals surface area contributed by atoms with Crippen LogP contribution in [-0.4, -0.2) is 51.4 Å². The molecular weight excluding hydrogens is 381 g/mol. The van der Waals surface area contributed by atoms with Crippen LogP contribution in [0.4, 0.5) is 4.79 Å². The predicted octanol–water partition coefficient (Wildman–Crippen LogP) is 4.18. The summed E-state index contributed by atoms with van der Waals surface area (Å²) in [6.07, 6.45) is -0.351. The second kappa shape index (κ2) is 7.57. The van der Waals surface area contributed by atoms with Gasteiger partial charge in [0.25, 0.3) is 0 Å². The molecule has 0 saturated carbocycles. The van der Waals surface area contributed by atoms with Gasteiger partial charge in [-0.3, -0.25) is 4.90 Å². The molecule has 1 amide bonds. The Balaban J connectivity index is 1.84. The van der Waals surface area contributed by atoms with Crippen molar-refractivity contribution in [2.45, 2.75) is 85.2 Å². The Kier molecular flexibility index (Phi) is 5.71. The summed E-state index contributed by atoms with van der Waals surface area (Å²) in [4.78, 5) is 22.3. The second-order valence-corrected chi connectivity index (χ2v) is 9.93. The van der Waals surface area contributed by atoms with E-state index in [1.807, 2.05) is 80.5 Å². The fraction of sp³-hybridized carbons (Fsp3) is 0.636. The van der Waals surface area contributed by atoms with Gasteiger partial charge in [-0.15, -0.1) is 0 Å². The number of aromatic amines is 1. The Bertz CT molecular complexity index is 916. The number of ether oxygens (including phenoxy) is 1. The van der Waals surface area contributed by atoms with Crippen LogP contribution >= 0.6 is 0 Å². The van der Waals surface area contributed by atoms with Gasteiger partial charge in [0.15, 0.2) is 0 Å². The highest BCUT2D eigenvalue weighted by Gasteiger charge is 2.51. The second-order valence-electron chi connectivity index (χ2n) is 9.93. The van der Waals surface area contributed by atoms with Crippen LogP contribution in [0, 0.1) is 0 Å². The van der Waals surface area contributed by atoms with Crippen molar-refractivity contribution in [1.82, 2.24) is 14.9 Å². The number of aromatic nitrogens is 2. The Hall–Kier alpha value is -2.06.